The van der Waals surface area contributed by atoms with Gasteiger partial charge in [-0.3, -0.25) is 0 Å². The molecule has 5 nitrogen and oxygen atoms in total. The highest BCUT2D eigenvalue weighted by molar-refractivity contribution is 9.10. The highest BCUT2D eigenvalue weighted by atomic mass is 79.9. The highest BCUT2D eigenvalue weighted by Gasteiger charge is 2.09. The molecular weight excluding hydrogens is 330 g/mol. The fourth-order valence-corrected chi connectivity index (χ4v) is 2.17. The lowest BCUT2D eigenvalue weighted by Gasteiger charge is -2.11. The van der Waals surface area contributed by atoms with Crippen LogP contribution in [0.5, 0.6) is 0 Å². The van der Waals surface area contributed by atoms with Gasteiger partial charge >= 0.3 is 0 Å². The van der Waals surface area contributed by atoms with E-state index in [1.807, 2.05) is 6.07 Å². The van der Waals surface area contributed by atoms with Gasteiger partial charge in [-0.15, -0.1) is 0 Å². The van der Waals surface area contributed by atoms with Gasteiger partial charge < -0.3 is 10.6 Å². The molecule has 0 aliphatic rings. The van der Waals surface area contributed by atoms with E-state index in [0.717, 1.165) is 0 Å². The molecule has 0 atom stereocenters. The van der Waals surface area contributed by atoms with Crippen molar-refractivity contribution in [3.8, 4) is 6.07 Å². The van der Waals surface area contributed by atoms with Crippen LogP contribution >= 0.6 is 27.5 Å². The van der Waals surface area contributed by atoms with E-state index in [4.69, 9.17) is 16.9 Å². The van der Waals surface area contributed by atoms with Crippen molar-refractivity contribution in [1.29, 1.82) is 5.26 Å². The van der Waals surface area contributed by atoms with Crippen molar-refractivity contribution in [3.05, 3.63) is 39.6 Å². The first-order chi connectivity index (χ1) is 9.15. The smallest absolute Gasteiger partial charge is 0.150 e. The Hall–Kier alpha value is -1.84. The summed E-state index contributed by atoms with van der Waals surface area (Å²) in [6.45, 7) is 0. The fraction of sp³-hybridized carbons (Fsp3) is 0.0833. The lowest BCUT2D eigenvalue weighted by Crippen LogP contribution is -2.00. The predicted molar refractivity (Wildman–Crippen MR) is 78.7 cm³/mol. The van der Waals surface area contributed by atoms with E-state index >= 15 is 0 Å². The number of rotatable bonds is 3. The summed E-state index contributed by atoms with van der Waals surface area (Å²) in [5, 5.41) is 15.3. The molecular formula is C12H9BrClN5. The molecule has 1 aromatic heterocycles. The summed E-state index contributed by atoms with van der Waals surface area (Å²) >= 11 is 9.50. The maximum atomic E-state index is 8.79. The number of halogens is 2. The molecule has 0 radical (unpaired) electrons. The van der Waals surface area contributed by atoms with E-state index in [9.17, 15) is 0 Å². The van der Waals surface area contributed by atoms with Crippen LogP contribution in [-0.2, 0) is 0 Å². The van der Waals surface area contributed by atoms with Crippen molar-refractivity contribution in [1.82, 2.24) is 9.97 Å². The average Bonchev–Trinajstić information content (AvgIpc) is 2.43. The Morgan fingerprint density at radius 3 is 2.68 bits per heavy atom. The first-order valence-electron chi connectivity index (χ1n) is 5.30. The van der Waals surface area contributed by atoms with Gasteiger partial charge in [-0.25, -0.2) is 9.97 Å². The van der Waals surface area contributed by atoms with E-state index in [-0.39, 0.29) is 0 Å². The summed E-state index contributed by atoms with van der Waals surface area (Å²) in [5.41, 5.74) is 1.18. The number of hydrogen-bond donors (Lipinski definition) is 2. The molecule has 0 aliphatic carbocycles. The van der Waals surface area contributed by atoms with Crippen LogP contribution in [0.2, 0.25) is 5.02 Å². The van der Waals surface area contributed by atoms with Gasteiger partial charge in [0.1, 0.15) is 22.4 Å². The van der Waals surface area contributed by atoms with Gasteiger partial charge in [-0.1, -0.05) is 11.6 Å². The minimum Gasteiger partial charge on any atom is -0.372 e. The molecule has 1 heterocycles. The predicted octanol–water partition coefficient (Wildman–Crippen LogP) is 3.55. The van der Waals surface area contributed by atoms with Crippen molar-refractivity contribution < 1.29 is 0 Å². The quantitative estimate of drug-likeness (QED) is 0.895. The van der Waals surface area contributed by atoms with Gasteiger partial charge in [-0.2, -0.15) is 5.26 Å². The first kappa shape index (κ1) is 13.6. The maximum Gasteiger partial charge on any atom is 0.150 e. The fourth-order valence-electron chi connectivity index (χ4n) is 1.44. The molecule has 0 saturated carbocycles. The van der Waals surface area contributed by atoms with Crippen molar-refractivity contribution >= 4 is 44.9 Å². The van der Waals surface area contributed by atoms with Crippen LogP contribution in [0.4, 0.5) is 17.3 Å². The molecule has 2 aromatic rings. The molecule has 0 unspecified atom stereocenters. The minimum absolute atomic E-state index is 0.454. The molecule has 0 fully saturated rings. The highest BCUT2D eigenvalue weighted by Crippen LogP contribution is 2.31. The number of benzene rings is 1. The Labute approximate surface area is 123 Å². The molecule has 2 N–H and O–H groups in total. The molecule has 19 heavy (non-hydrogen) atoms. The first-order valence-corrected chi connectivity index (χ1v) is 6.47. The van der Waals surface area contributed by atoms with Crippen molar-refractivity contribution in [2.45, 2.75) is 0 Å². The van der Waals surface area contributed by atoms with E-state index < -0.39 is 0 Å². The minimum atomic E-state index is 0.454. The summed E-state index contributed by atoms with van der Waals surface area (Å²) in [7, 11) is 1.77. The van der Waals surface area contributed by atoms with Gasteiger partial charge in [0.25, 0.3) is 0 Å². The molecule has 1 aromatic carbocycles. The third-order valence-corrected chi connectivity index (χ3v) is 3.44. The number of hydrogen-bond acceptors (Lipinski definition) is 5. The second-order valence-electron chi connectivity index (χ2n) is 3.57. The molecule has 0 amide bonds. The zero-order valence-corrected chi connectivity index (χ0v) is 12.2. The zero-order chi connectivity index (χ0) is 13.8. The van der Waals surface area contributed by atoms with Crippen LogP contribution in [0.25, 0.3) is 0 Å². The zero-order valence-electron chi connectivity index (χ0n) is 9.91. The normalized spacial score (nSPS) is 9.79. The third kappa shape index (κ3) is 2.95. The topological polar surface area (TPSA) is 73.6 Å². The molecule has 0 aliphatic heterocycles. The molecule has 0 bridgehead atoms. The van der Waals surface area contributed by atoms with Gasteiger partial charge in [-0.05, 0) is 34.1 Å². The van der Waals surface area contributed by atoms with Crippen LogP contribution in [-0.4, -0.2) is 17.0 Å². The standard InChI is InChI=1S/C12H9BrClN5/c1-16-11-10(13)12(18-6-17-11)19-9-3-2-7(5-15)4-8(9)14/h2-4,6H,1H3,(H2,16,17,18,19). The lowest BCUT2D eigenvalue weighted by molar-refractivity contribution is 1.14. The molecule has 0 spiro atoms. The summed E-state index contributed by atoms with van der Waals surface area (Å²) in [6, 6.07) is 7.04. The van der Waals surface area contributed by atoms with E-state index in [1.165, 1.54) is 6.33 Å². The molecule has 7 heteroatoms. The van der Waals surface area contributed by atoms with Crippen LogP contribution < -0.4 is 10.6 Å². The number of nitriles is 1. The Morgan fingerprint density at radius 2 is 2.05 bits per heavy atom. The number of aromatic nitrogens is 2. The average molecular weight is 339 g/mol. The number of anilines is 3. The van der Waals surface area contributed by atoms with E-state index in [2.05, 4.69) is 36.5 Å². The monoisotopic (exact) mass is 337 g/mol. The summed E-state index contributed by atoms with van der Waals surface area (Å²) in [4.78, 5) is 8.20. The van der Waals surface area contributed by atoms with Gasteiger partial charge in [0, 0.05) is 7.05 Å². The summed E-state index contributed by atoms with van der Waals surface area (Å²) in [6.07, 6.45) is 1.44. The Kier molecular flexibility index (Phi) is 4.20. The Balaban J connectivity index is 2.34. The van der Waals surface area contributed by atoms with Crippen LogP contribution in [0.3, 0.4) is 0 Å². The molecule has 2 rings (SSSR count). The Bertz CT molecular complexity index is 653. The van der Waals surface area contributed by atoms with E-state index in [1.54, 1.807) is 25.2 Å². The second-order valence-corrected chi connectivity index (χ2v) is 4.77. The number of nitrogens with one attached hydrogen (secondary N) is 2. The van der Waals surface area contributed by atoms with Gasteiger partial charge in [0.2, 0.25) is 0 Å². The molecule has 0 saturated heterocycles. The van der Waals surface area contributed by atoms with Crippen molar-refractivity contribution in [2.24, 2.45) is 0 Å². The van der Waals surface area contributed by atoms with Crippen molar-refractivity contribution in [2.75, 3.05) is 17.7 Å². The summed E-state index contributed by atoms with van der Waals surface area (Å²) < 4.78 is 0.706. The maximum absolute atomic E-state index is 8.79. The van der Waals surface area contributed by atoms with Crippen LogP contribution in [0, 0.1) is 11.3 Å². The Morgan fingerprint density at radius 1 is 1.32 bits per heavy atom. The SMILES string of the molecule is CNc1ncnc(Nc2ccc(C#N)cc2Cl)c1Br. The second kappa shape index (κ2) is 5.87. The summed E-state index contributed by atoms with van der Waals surface area (Å²) in [5.74, 6) is 1.26. The largest absolute Gasteiger partial charge is 0.372 e. The van der Waals surface area contributed by atoms with Crippen molar-refractivity contribution in [3.63, 3.8) is 0 Å². The van der Waals surface area contributed by atoms with Crippen LogP contribution in [0.15, 0.2) is 29.0 Å². The third-order valence-electron chi connectivity index (χ3n) is 2.38. The number of nitrogens with zero attached hydrogens (tertiary/aromatic N) is 3. The van der Waals surface area contributed by atoms with Gasteiger partial charge in [0.15, 0.2) is 0 Å². The van der Waals surface area contributed by atoms with Gasteiger partial charge in [0.05, 0.1) is 22.3 Å². The van der Waals surface area contributed by atoms with Crippen LogP contribution in [0.1, 0.15) is 5.56 Å². The van der Waals surface area contributed by atoms with E-state index in [0.29, 0.717) is 32.4 Å². The lowest BCUT2D eigenvalue weighted by atomic mass is 10.2. The molecule has 96 valence electrons.